The van der Waals surface area contributed by atoms with Gasteiger partial charge >= 0.3 is 122 Å². The van der Waals surface area contributed by atoms with Gasteiger partial charge in [0.15, 0.2) is 0 Å². The molecule has 0 saturated carbocycles. The Morgan fingerprint density at radius 1 is 0.850 bits per heavy atom. The molecule has 0 aromatic heterocycles. The van der Waals surface area contributed by atoms with Gasteiger partial charge in [-0.15, -0.1) is 0 Å². The Kier molecular flexibility index (Phi) is 6.98. The first-order valence-corrected chi connectivity index (χ1v) is 9.57. The molecule has 0 spiro atoms. The Labute approximate surface area is 123 Å². The molecule has 0 aliphatic carbocycles. The zero-order valence-electron chi connectivity index (χ0n) is 13.7. The SMILES string of the molecule is CCOS(=O)(=O)OP(OCC)(N(C)C)(N(C)C)N(C)C. The maximum absolute atomic E-state index is 12.1. The second-order valence-corrected chi connectivity index (χ2v) is 10.7. The quantitative estimate of drug-likeness (QED) is 0.582. The van der Waals surface area contributed by atoms with E-state index in [1.807, 2.05) is 0 Å². The van der Waals surface area contributed by atoms with Gasteiger partial charge in [0.25, 0.3) is 0 Å². The molecule has 124 valence electrons. The molecule has 20 heavy (non-hydrogen) atoms. The van der Waals surface area contributed by atoms with Crippen molar-refractivity contribution < 1.29 is 21.1 Å². The van der Waals surface area contributed by atoms with Crippen molar-refractivity contribution in [3.63, 3.8) is 0 Å². The molecular formula is C10H28N3O5PS. The summed E-state index contributed by atoms with van der Waals surface area (Å²) in [7, 11) is 2.15. The summed E-state index contributed by atoms with van der Waals surface area (Å²) in [5, 5.41) is 0. The fourth-order valence-electron chi connectivity index (χ4n) is 2.19. The van der Waals surface area contributed by atoms with Crippen molar-refractivity contribution in [1.29, 1.82) is 0 Å². The van der Waals surface area contributed by atoms with Crippen molar-refractivity contribution in [2.75, 3.05) is 55.5 Å². The molecule has 0 unspecified atom stereocenters. The Bertz CT molecular complexity index is 389. The Balaban J connectivity index is 6.15. The van der Waals surface area contributed by atoms with Gasteiger partial charge in [-0.3, -0.25) is 0 Å². The maximum atomic E-state index is 12.1. The van der Waals surface area contributed by atoms with Crippen LogP contribution in [0.15, 0.2) is 0 Å². The molecule has 0 amide bonds. The molecule has 0 atom stereocenters. The third-order valence-corrected chi connectivity index (χ3v) is 10.0. The first-order chi connectivity index (χ1) is 8.99. The van der Waals surface area contributed by atoms with E-state index < -0.39 is 17.9 Å². The molecule has 0 heterocycles. The Hall–Kier alpha value is 0.140. The zero-order chi connectivity index (χ0) is 16.2. The zero-order valence-corrected chi connectivity index (χ0v) is 15.4. The first-order valence-electron chi connectivity index (χ1n) is 6.31. The summed E-state index contributed by atoms with van der Waals surface area (Å²) in [4.78, 5) is 0. The first kappa shape index (κ1) is 20.1. The molecule has 8 nitrogen and oxygen atoms in total. The molecule has 0 N–H and O–H groups in total. The van der Waals surface area contributed by atoms with Crippen LogP contribution < -0.4 is 0 Å². The Morgan fingerprint density at radius 2 is 1.25 bits per heavy atom. The summed E-state index contributed by atoms with van der Waals surface area (Å²) >= 11 is 0. The number of rotatable bonds is 9. The van der Waals surface area contributed by atoms with Crippen LogP contribution in [0.4, 0.5) is 0 Å². The standard InChI is InChI=1S/C10H28N3O5PS/c1-9-16-19(11(3)4,12(5)6,13(7)8)18-20(14,15)17-10-2/h9-10H2,1-8H3. The predicted octanol–water partition coefficient (Wildman–Crippen LogP) is 1.13. The Morgan fingerprint density at radius 3 is 1.50 bits per heavy atom. The van der Waals surface area contributed by atoms with Gasteiger partial charge in [0.05, 0.1) is 0 Å². The van der Waals surface area contributed by atoms with E-state index in [9.17, 15) is 8.42 Å². The molecule has 0 aliphatic heterocycles. The molecule has 0 fully saturated rings. The van der Waals surface area contributed by atoms with Crippen LogP contribution in [-0.2, 0) is 23.1 Å². The normalized spacial score (nSPS) is 15.8. The van der Waals surface area contributed by atoms with Crippen molar-refractivity contribution in [1.82, 2.24) is 14.0 Å². The fraction of sp³-hybridized carbons (Fsp3) is 1.00. The summed E-state index contributed by atoms with van der Waals surface area (Å²) in [5.41, 5.74) is 0. The van der Waals surface area contributed by atoms with Gasteiger partial charge in [-0.05, 0) is 0 Å². The number of hydrogen-bond acceptors (Lipinski definition) is 8. The molecular weight excluding hydrogens is 305 g/mol. The average molecular weight is 333 g/mol. The summed E-state index contributed by atoms with van der Waals surface area (Å²) in [6.07, 6.45) is 0. The van der Waals surface area contributed by atoms with Crippen LogP contribution in [0.1, 0.15) is 13.8 Å². The van der Waals surface area contributed by atoms with Crippen molar-refractivity contribution in [2.24, 2.45) is 0 Å². The molecule has 0 aromatic carbocycles. The fourth-order valence-corrected chi connectivity index (χ4v) is 8.99. The van der Waals surface area contributed by atoms with E-state index in [1.165, 1.54) is 0 Å². The van der Waals surface area contributed by atoms with Crippen LogP contribution in [-0.4, -0.2) is 77.9 Å². The van der Waals surface area contributed by atoms with E-state index in [0.29, 0.717) is 0 Å². The molecule has 0 bridgehead atoms. The van der Waals surface area contributed by atoms with Crippen molar-refractivity contribution in [3.05, 3.63) is 0 Å². The van der Waals surface area contributed by atoms with Gasteiger partial charge in [-0.2, -0.15) is 0 Å². The number of nitrogens with zero attached hydrogens (tertiary/aromatic N) is 3. The third kappa shape index (κ3) is 3.31. The van der Waals surface area contributed by atoms with Gasteiger partial charge in [0.1, 0.15) is 0 Å². The molecule has 0 aromatic rings. The van der Waals surface area contributed by atoms with Crippen molar-refractivity contribution in [2.45, 2.75) is 13.8 Å². The van der Waals surface area contributed by atoms with E-state index in [4.69, 9.17) is 12.7 Å². The number of hydrogen-bond donors (Lipinski definition) is 0. The van der Waals surface area contributed by atoms with E-state index in [1.54, 1.807) is 70.1 Å². The van der Waals surface area contributed by atoms with Crippen LogP contribution in [0.3, 0.4) is 0 Å². The van der Waals surface area contributed by atoms with Crippen LogP contribution in [0.2, 0.25) is 0 Å². The van der Waals surface area contributed by atoms with Gasteiger partial charge in [-0.1, -0.05) is 0 Å². The van der Waals surface area contributed by atoms with Crippen LogP contribution in [0, 0.1) is 0 Å². The summed E-state index contributed by atoms with van der Waals surface area (Å²) in [6, 6.07) is 0. The van der Waals surface area contributed by atoms with Gasteiger partial charge in [0.2, 0.25) is 0 Å². The van der Waals surface area contributed by atoms with Crippen molar-refractivity contribution >= 4 is 17.9 Å². The molecule has 0 saturated heterocycles. The second-order valence-electron chi connectivity index (χ2n) is 4.68. The van der Waals surface area contributed by atoms with E-state index >= 15 is 0 Å². The second kappa shape index (κ2) is 6.93. The monoisotopic (exact) mass is 333 g/mol. The molecule has 0 aliphatic rings. The predicted molar refractivity (Wildman–Crippen MR) is 81.2 cm³/mol. The summed E-state index contributed by atoms with van der Waals surface area (Å²) in [5.74, 6) is 0. The van der Waals surface area contributed by atoms with Gasteiger partial charge in [0, 0.05) is 0 Å². The molecule has 10 heteroatoms. The molecule has 0 radical (unpaired) electrons. The summed E-state index contributed by atoms with van der Waals surface area (Å²) < 4.78 is 45.3. The van der Waals surface area contributed by atoms with Crippen LogP contribution >= 0.6 is 7.51 Å². The average Bonchev–Trinajstić information content (AvgIpc) is 2.26. The minimum atomic E-state index is -4.20. The van der Waals surface area contributed by atoms with Crippen molar-refractivity contribution in [3.8, 4) is 0 Å². The topological polar surface area (TPSA) is 71.5 Å². The van der Waals surface area contributed by atoms with Gasteiger partial charge in [-0.25, -0.2) is 0 Å². The van der Waals surface area contributed by atoms with Gasteiger partial charge < -0.3 is 0 Å². The summed E-state index contributed by atoms with van der Waals surface area (Å²) in [6.45, 7) is 3.65. The van der Waals surface area contributed by atoms with E-state index in [0.717, 1.165) is 0 Å². The van der Waals surface area contributed by atoms with Crippen LogP contribution in [0.25, 0.3) is 0 Å². The minimum absolute atomic E-state index is 0.00472. The van der Waals surface area contributed by atoms with E-state index in [2.05, 4.69) is 0 Å². The third-order valence-electron chi connectivity index (χ3n) is 2.89. The van der Waals surface area contributed by atoms with Crippen LogP contribution in [0.5, 0.6) is 0 Å². The van der Waals surface area contributed by atoms with E-state index in [-0.39, 0.29) is 13.2 Å². The molecule has 0 rings (SSSR count).